The third-order valence-electron chi connectivity index (χ3n) is 3.83. The zero-order valence-corrected chi connectivity index (χ0v) is 12.7. The molecule has 22 heavy (non-hydrogen) atoms. The third kappa shape index (κ3) is 2.51. The number of aliphatic hydroxyl groups is 1. The SMILES string of the molecule is CNCCCn1c(CCO)nc2c(N)nc3ccccc3c21. The molecule has 2 heterocycles. The van der Waals surface area contributed by atoms with E-state index in [4.69, 9.17) is 5.73 Å². The maximum atomic E-state index is 9.31. The van der Waals surface area contributed by atoms with Crippen LogP contribution in [-0.2, 0) is 13.0 Å². The van der Waals surface area contributed by atoms with Crippen molar-refractivity contribution in [3.05, 3.63) is 30.1 Å². The molecule has 3 aromatic rings. The monoisotopic (exact) mass is 299 g/mol. The van der Waals surface area contributed by atoms with Gasteiger partial charge in [0, 0.05) is 18.4 Å². The molecule has 0 aliphatic carbocycles. The molecule has 0 saturated heterocycles. The maximum absolute atomic E-state index is 9.31. The summed E-state index contributed by atoms with van der Waals surface area (Å²) in [4.78, 5) is 9.07. The predicted octanol–water partition coefficient (Wildman–Crippen LogP) is 1.31. The zero-order chi connectivity index (χ0) is 15.5. The number of aromatic nitrogens is 3. The Balaban J connectivity index is 2.24. The molecule has 0 radical (unpaired) electrons. The van der Waals surface area contributed by atoms with Crippen LogP contribution in [0.2, 0.25) is 0 Å². The van der Waals surface area contributed by atoms with Gasteiger partial charge in [0.05, 0.1) is 17.6 Å². The van der Waals surface area contributed by atoms with Crippen LogP contribution in [0.1, 0.15) is 12.2 Å². The molecule has 0 aliphatic rings. The van der Waals surface area contributed by atoms with Gasteiger partial charge in [0.2, 0.25) is 0 Å². The number of rotatable bonds is 6. The van der Waals surface area contributed by atoms with E-state index in [0.717, 1.165) is 47.3 Å². The Hall–Kier alpha value is -2.18. The first-order valence-electron chi connectivity index (χ1n) is 7.55. The van der Waals surface area contributed by atoms with Gasteiger partial charge in [-0.1, -0.05) is 18.2 Å². The smallest absolute Gasteiger partial charge is 0.152 e. The van der Waals surface area contributed by atoms with Crippen molar-refractivity contribution in [3.8, 4) is 0 Å². The van der Waals surface area contributed by atoms with Crippen molar-refractivity contribution < 1.29 is 5.11 Å². The Bertz CT molecular complexity index is 796. The Morgan fingerprint density at radius 2 is 2.09 bits per heavy atom. The summed E-state index contributed by atoms with van der Waals surface area (Å²) in [6.07, 6.45) is 1.50. The van der Waals surface area contributed by atoms with Crippen LogP contribution in [0.3, 0.4) is 0 Å². The lowest BCUT2D eigenvalue weighted by Crippen LogP contribution is -2.13. The summed E-state index contributed by atoms with van der Waals surface area (Å²) in [5.74, 6) is 1.30. The van der Waals surface area contributed by atoms with Crippen LogP contribution in [0.4, 0.5) is 5.82 Å². The molecule has 6 nitrogen and oxygen atoms in total. The van der Waals surface area contributed by atoms with Crippen molar-refractivity contribution in [3.63, 3.8) is 0 Å². The zero-order valence-electron chi connectivity index (χ0n) is 12.7. The lowest BCUT2D eigenvalue weighted by molar-refractivity contribution is 0.294. The number of hydrogen-bond acceptors (Lipinski definition) is 5. The largest absolute Gasteiger partial charge is 0.396 e. The summed E-state index contributed by atoms with van der Waals surface area (Å²) < 4.78 is 2.17. The van der Waals surface area contributed by atoms with Crippen LogP contribution in [0, 0.1) is 0 Å². The van der Waals surface area contributed by atoms with Gasteiger partial charge >= 0.3 is 0 Å². The van der Waals surface area contributed by atoms with E-state index in [1.54, 1.807) is 0 Å². The fourth-order valence-corrected chi connectivity index (χ4v) is 2.85. The van der Waals surface area contributed by atoms with Crippen LogP contribution < -0.4 is 11.1 Å². The molecule has 0 saturated carbocycles. The lowest BCUT2D eigenvalue weighted by atomic mass is 10.2. The van der Waals surface area contributed by atoms with Gasteiger partial charge in [-0.2, -0.15) is 0 Å². The molecule has 2 aromatic heterocycles. The highest BCUT2D eigenvalue weighted by Gasteiger charge is 2.16. The van der Waals surface area contributed by atoms with E-state index in [-0.39, 0.29) is 6.61 Å². The summed E-state index contributed by atoms with van der Waals surface area (Å²) in [5.41, 5.74) is 8.71. The lowest BCUT2D eigenvalue weighted by Gasteiger charge is -2.10. The summed E-state index contributed by atoms with van der Waals surface area (Å²) in [6, 6.07) is 7.96. The number of aryl methyl sites for hydroxylation is 1. The number of aliphatic hydroxyl groups excluding tert-OH is 1. The molecule has 0 amide bonds. The van der Waals surface area contributed by atoms with Crippen molar-refractivity contribution in [1.29, 1.82) is 0 Å². The van der Waals surface area contributed by atoms with E-state index in [0.29, 0.717) is 12.2 Å². The number of para-hydroxylation sites is 1. The number of benzene rings is 1. The number of nitrogen functional groups attached to an aromatic ring is 1. The molecule has 0 spiro atoms. The standard InChI is InChI=1S/C16H21N5O/c1-18-8-4-9-21-13(7-10-22)20-14-15(21)11-5-2-3-6-12(11)19-16(14)17/h2-3,5-6,18,22H,4,7-10H2,1H3,(H2,17,19). The molecule has 0 bridgehead atoms. The van der Waals surface area contributed by atoms with Crippen molar-refractivity contribution in [2.75, 3.05) is 25.9 Å². The summed E-state index contributed by atoms with van der Waals surface area (Å²) in [7, 11) is 1.94. The Morgan fingerprint density at radius 3 is 2.86 bits per heavy atom. The van der Waals surface area contributed by atoms with E-state index in [1.807, 2.05) is 31.3 Å². The molecule has 0 unspecified atom stereocenters. The second kappa shape index (κ2) is 6.29. The average Bonchev–Trinajstić information content (AvgIpc) is 2.88. The first-order valence-corrected chi connectivity index (χ1v) is 7.55. The van der Waals surface area contributed by atoms with Crippen LogP contribution in [0.15, 0.2) is 24.3 Å². The van der Waals surface area contributed by atoms with Crippen molar-refractivity contribution in [1.82, 2.24) is 19.9 Å². The quantitative estimate of drug-likeness (QED) is 0.597. The van der Waals surface area contributed by atoms with E-state index in [9.17, 15) is 5.11 Å². The summed E-state index contributed by atoms with van der Waals surface area (Å²) >= 11 is 0. The predicted molar refractivity (Wildman–Crippen MR) is 88.8 cm³/mol. The van der Waals surface area contributed by atoms with Crippen molar-refractivity contribution >= 4 is 27.8 Å². The van der Waals surface area contributed by atoms with Crippen molar-refractivity contribution in [2.24, 2.45) is 0 Å². The molecule has 1 aromatic carbocycles. The molecule has 0 atom stereocenters. The van der Waals surface area contributed by atoms with Gasteiger partial charge in [-0.05, 0) is 26.1 Å². The van der Waals surface area contributed by atoms with Gasteiger partial charge in [0.15, 0.2) is 5.82 Å². The number of hydrogen-bond donors (Lipinski definition) is 3. The van der Waals surface area contributed by atoms with Gasteiger partial charge in [-0.25, -0.2) is 9.97 Å². The number of nitrogens with zero attached hydrogens (tertiary/aromatic N) is 3. The number of anilines is 1. The fourth-order valence-electron chi connectivity index (χ4n) is 2.85. The Morgan fingerprint density at radius 1 is 1.27 bits per heavy atom. The molecule has 4 N–H and O–H groups in total. The van der Waals surface area contributed by atoms with Crippen LogP contribution in [-0.4, -0.2) is 39.8 Å². The summed E-state index contributed by atoms with van der Waals surface area (Å²) in [6.45, 7) is 1.83. The minimum atomic E-state index is 0.0701. The van der Waals surface area contributed by atoms with E-state index in [2.05, 4.69) is 19.9 Å². The van der Waals surface area contributed by atoms with Gasteiger partial charge in [-0.15, -0.1) is 0 Å². The van der Waals surface area contributed by atoms with E-state index >= 15 is 0 Å². The molecular formula is C16H21N5O. The van der Waals surface area contributed by atoms with E-state index < -0.39 is 0 Å². The Labute approximate surface area is 129 Å². The average molecular weight is 299 g/mol. The summed E-state index contributed by atoms with van der Waals surface area (Å²) in [5, 5.41) is 13.5. The minimum absolute atomic E-state index is 0.0701. The molecular weight excluding hydrogens is 278 g/mol. The first kappa shape index (κ1) is 14.7. The third-order valence-corrected chi connectivity index (χ3v) is 3.83. The number of fused-ring (bicyclic) bond motifs is 3. The van der Waals surface area contributed by atoms with Crippen LogP contribution in [0.5, 0.6) is 0 Å². The van der Waals surface area contributed by atoms with Gasteiger partial charge in [0.1, 0.15) is 11.3 Å². The van der Waals surface area contributed by atoms with Crippen molar-refractivity contribution in [2.45, 2.75) is 19.4 Å². The molecule has 0 fully saturated rings. The second-order valence-electron chi connectivity index (χ2n) is 5.32. The number of nitrogens with one attached hydrogen (secondary N) is 1. The molecule has 6 heteroatoms. The first-order chi connectivity index (χ1) is 10.8. The van der Waals surface area contributed by atoms with Gasteiger partial charge in [0.25, 0.3) is 0 Å². The van der Waals surface area contributed by atoms with Gasteiger partial charge in [-0.3, -0.25) is 0 Å². The second-order valence-corrected chi connectivity index (χ2v) is 5.32. The molecule has 3 rings (SSSR count). The maximum Gasteiger partial charge on any atom is 0.152 e. The topological polar surface area (TPSA) is 89.0 Å². The number of imidazole rings is 1. The Kier molecular flexibility index (Phi) is 4.22. The molecule has 0 aliphatic heterocycles. The molecule has 116 valence electrons. The van der Waals surface area contributed by atoms with E-state index in [1.165, 1.54) is 0 Å². The highest BCUT2D eigenvalue weighted by Crippen LogP contribution is 2.29. The highest BCUT2D eigenvalue weighted by atomic mass is 16.3. The number of nitrogens with two attached hydrogens (primary N) is 1. The minimum Gasteiger partial charge on any atom is -0.396 e. The normalized spacial score (nSPS) is 11.5. The van der Waals surface area contributed by atoms with Crippen LogP contribution in [0.25, 0.3) is 21.9 Å². The van der Waals surface area contributed by atoms with Crippen LogP contribution >= 0.6 is 0 Å². The van der Waals surface area contributed by atoms with Gasteiger partial charge < -0.3 is 20.7 Å². The number of pyridine rings is 1. The fraction of sp³-hybridized carbons (Fsp3) is 0.375. The highest BCUT2D eigenvalue weighted by molar-refractivity contribution is 6.06.